The summed E-state index contributed by atoms with van der Waals surface area (Å²) < 4.78 is 26.8. The van der Waals surface area contributed by atoms with Gasteiger partial charge in [0, 0.05) is 25.3 Å². The lowest BCUT2D eigenvalue weighted by molar-refractivity contribution is 0.0691. The molecular weight excluding hydrogens is 294 g/mol. The Balaban J connectivity index is 1.94. The van der Waals surface area contributed by atoms with Crippen LogP contribution in [0.3, 0.4) is 0 Å². The average molecular weight is 315 g/mol. The van der Waals surface area contributed by atoms with Crippen molar-refractivity contribution < 1.29 is 18.3 Å². The molecule has 0 amide bonds. The standard InChI is InChI=1S/C13H21N3O4S/c1-9(2)16-4-3-10(8-16)6-15-21(19,20)11-5-12(13(17)18)14-7-11/h5,7,9-10,14-15H,3-4,6,8H2,1-2H3,(H,17,18). The Kier molecular flexibility index (Phi) is 4.70. The van der Waals surface area contributed by atoms with Gasteiger partial charge in [0.25, 0.3) is 0 Å². The maximum Gasteiger partial charge on any atom is 0.352 e. The van der Waals surface area contributed by atoms with Crippen molar-refractivity contribution in [2.45, 2.75) is 31.2 Å². The fourth-order valence-corrected chi connectivity index (χ4v) is 3.57. The van der Waals surface area contributed by atoms with E-state index in [0.717, 1.165) is 25.6 Å². The largest absolute Gasteiger partial charge is 0.477 e. The van der Waals surface area contributed by atoms with Crippen molar-refractivity contribution in [3.8, 4) is 0 Å². The zero-order chi connectivity index (χ0) is 15.6. The fraction of sp³-hybridized carbons (Fsp3) is 0.615. The van der Waals surface area contributed by atoms with Gasteiger partial charge in [0.2, 0.25) is 10.0 Å². The first-order valence-electron chi connectivity index (χ1n) is 6.95. The highest BCUT2D eigenvalue weighted by molar-refractivity contribution is 7.89. The summed E-state index contributed by atoms with van der Waals surface area (Å²) in [6, 6.07) is 1.59. The number of carboxylic acid groups (broad SMARTS) is 1. The minimum Gasteiger partial charge on any atom is -0.477 e. The Morgan fingerprint density at radius 3 is 2.81 bits per heavy atom. The van der Waals surface area contributed by atoms with Gasteiger partial charge >= 0.3 is 5.97 Å². The van der Waals surface area contributed by atoms with E-state index in [1.807, 2.05) is 0 Å². The SMILES string of the molecule is CC(C)N1CCC(CNS(=O)(=O)c2c[nH]c(C(=O)O)c2)C1. The van der Waals surface area contributed by atoms with Gasteiger partial charge in [-0.2, -0.15) is 0 Å². The van der Waals surface area contributed by atoms with Crippen molar-refractivity contribution in [1.29, 1.82) is 0 Å². The molecule has 2 rings (SSSR count). The van der Waals surface area contributed by atoms with E-state index in [-0.39, 0.29) is 10.6 Å². The zero-order valence-electron chi connectivity index (χ0n) is 12.2. The van der Waals surface area contributed by atoms with Gasteiger partial charge in [0.1, 0.15) is 10.6 Å². The summed E-state index contributed by atoms with van der Waals surface area (Å²) in [6.07, 6.45) is 2.16. The minimum atomic E-state index is -3.66. The van der Waals surface area contributed by atoms with E-state index < -0.39 is 16.0 Å². The number of carboxylic acids is 1. The number of aromatic nitrogens is 1. The molecule has 118 valence electrons. The van der Waals surface area contributed by atoms with Crippen LogP contribution in [-0.2, 0) is 10.0 Å². The molecule has 0 aliphatic carbocycles. The lowest BCUT2D eigenvalue weighted by atomic mass is 10.1. The van der Waals surface area contributed by atoms with Gasteiger partial charge in [-0.05, 0) is 38.8 Å². The van der Waals surface area contributed by atoms with Gasteiger partial charge in [-0.3, -0.25) is 0 Å². The maximum absolute atomic E-state index is 12.1. The lowest BCUT2D eigenvalue weighted by Gasteiger charge is -2.20. The third-order valence-electron chi connectivity index (χ3n) is 3.81. The van der Waals surface area contributed by atoms with E-state index in [2.05, 4.69) is 28.5 Å². The molecule has 3 N–H and O–H groups in total. The molecule has 1 atom stereocenters. The second-order valence-electron chi connectivity index (χ2n) is 5.65. The molecule has 0 spiro atoms. The molecule has 1 saturated heterocycles. The van der Waals surface area contributed by atoms with E-state index in [1.54, 1.807) is 0 Å². The quantitative estimate of drug-likeness (QED) is 0.718. The molecule has 0 bridgehead atoms. The molecule has 1 aromatic rings. The molecule has 1 aliphatic rings. The Morgan fingerprint density at radius 2 is 2.29 bits per heavy atom. The summed E-state index contributed by atoms with van der Waals surface area (Å²) in [5.41, 5.74) is -0.137. The van der Waals surface area contributed by atoms with Crippen molar-refractivity contribution in [3.63, 3.8) is 0 Å². The molecule has 8 heteroatoms. The molecule has 0 aromatic carbocycles. The van der Waals surface area contributed by atoms with Crippen molar-refractivity contribution in [2.75, 3.05) is 19.6 Å². The van der Waals surface area contributed by atoms with Crippen molar-refractivity contribution in [3.05, 3.63) is 18.0 Å². The van der Waals surface area contributed by atoms with Gasteiger partial charge in [-0.25, -0.2) is 17.9 Å². The van der Waals surface area contributed by atoms with Crippen LogP contribution in [0.4, 0.5) is 0 Å². The molecule has 0 saturated carbocycles. The zero-order valence-corrected chi connectivity index (χ0v) is 13.0. The Morgan fingerprint density at radius 1 is 1.57 bits per heavy atom. The summed E-state index contributed by atoms with van der Waals surface area (Å²) in [7, 11) is -3.66. The van der Waals surface area contributed by atoms with Crippen LogP contribution in [0.2, 0.25) is 0 Å². The smallest absolute Gasteiger partial charge is 0.352 e. The Hall–Kier alpha value is -1.38. The van der Waals surface area contributed by atoms with Gasteiger partial charge in [0.05, 0.1) is 0 Å². The Bertz CT molecular complexity index is 609. The third kappa shape index (κ3) is 3.84. The minimum absolute atomic E-state index is 0.0430. The van der Waals surface area contributed by atoms with Gasteiger partial charge in [0.15, 0.2) is 0 Å². The van der Waals surface area contributed by atoms with Gasteiger partial charge in [-0.1, -0.05) is 0 Å². The van der Waals surface area contributed by atoms with Gasteiger partial charge < -0.3 is 15.0 Å². The predicted octanol–water partition coefficient (Wildman–Crippen LogP) is 0.722. The average Bonchev–Trinajstić information content (AvgIpc) is 3.06. The van der Waals surface area contributed by atoms with E-state index in [9.17, 15) is 13.2 Å². The first kappa shape index (κ1) is 16.0. The number of nitrogens with zero attached hydrogens (tertiary/aromatic N) is 1. The molecule has 21 heavy (non-hydrogen) atoms. The molecule has 1 unspecified atom stereocenters. The first-order valence-corrected chi connectivity index (χ1v) is 8.43. The lowest BCUT2D eigenvalue weighted by Crippen LogP contribution is -2.32. The number of likely N-dealkylation sites (tertiary alicyclic amines) is 1. The summed E-state index contributed by atoms with van der Waals surface area (Å²) in [5.74, 6) is -0.889. The second kappa shape index (κ2) is 6.17. The summed E-state index contributed by atoms with van der Waals surface area (Å²) >= 11 is 0. The predicted molar refractivity (Wildman–Crippen MR) is 77.8 cm³/mol. The van der Waals surface area contributed by atoms with Crippen LogP contribution in [0, 0.1) is 5.92 Å². The number of aromatic carboxylic acids is 1. The van der Waals surface area contributed by atoms with Crippen molar-refractivity contribution in [2.24, 2.45) is 5.92 Å². The highest BCUT2D eigenvalue weighted by atomic mass is 32.2. The third-order valence-corrected chi connectivity index (χ3v) is 5.21. The van der Waals surface area contributed by atoms with Crippen LogP contribution in [0.5, 0.6) is 0 Å². The van der Waals surface area contributed by atoms with Crippen molar-refractivity contribution >= 4 is 16.0 Å². The molecule has 1 aliphatic heterocycles. The maximum atomic E-state index is 12.1. The monoisotopic (exact) mass is 315 g/mol. The van der Waals surface area contributed by atoms with Crippen LogP contribution in [0.15, 0.2) is 17.2 Å². The van der Waals surface area contributed by atoms with Crippen molar-refractivity contribution in [1.82, 2.24) is 14.6 Å². The summed E-state index contributed by atoms with van der Waals surface area (Å²) in [6.45, 7) is 6.49. The molecule has 1 fully saturated rings. The van der Waals surface area contributed by atoms with E-state index in [1.165, 1.54) is 6.20 Å². The second-order valence-corrected chi connectivity index (χ2v) is 7.42. The van der Waals surface area contributed by atoms with E-state index in [0.29, 0.717) is 18.5 Å². The Labute approximate surface area is 124 Å². The number of sulfonamides is 1. The van der Waals surface area contributed by atoms with Crippen LogP contribution in [0.25, 0.3) is 0 Å². The number of carbonyl (C=O) groups is 1. The van der Waals surface area contributed by atoms with Gasteiger partial charge in [-0.15, -0.1) is 0 Å². The van der Waals surface area contributed by atoms with Crippen LogP contribution >= 0.6 is 0 Å². The van der Waals surface area contributed by atoms with Crippen LogP contribution in [-0.4, -0.2) is 55.1 Å². The van der Waals surface area contributed by atoms with E-state index >= 15 is 0 Å². The summed E-state index contributed by atoms with van der Waals surface area (Å²) in [4.78, 5) is 15.5. The first-order chi connectivity index (χ1) is 9.79. The fourth-order valence-electron chi connectivity index (χ4n) is 2.46. The highest BCUT2D eigenvalue weighted by Crippen LogP contribution is 2.18. The number of hydrogen-bond donors (Lipinski definition) is 3. The number of aromatic amines is 1. The van der Waals surface area contributed by atoms with Crippen LogP contribution < -0.4 is 4.72 Å². The number of rotatable bonds is 6. The number of hydrogen-bond acceptors (Lipinski definition) is 4. The summed E-state index contributed by atoms with van der Waals surface area (Å²) in [5, 5.41) is 8.80. The van der Waals surface area contributed by atoms with E-state index in [4.69, 9.17) is 5.11 Å². The molecular formula is C13H21N3O4S. The molecule has 7 nitrogen and oxygen atoms in total. The molecule has 0 radical (unpaired) electrons. The number of H-pyrrole nitrogens is 1. The normalized spacial score (nSPS) is 20.2. The molecule has 2 heterocycles. The topological polar surface area (TPSA) is 103 Å². The highest BCUT2D eigenvalue weighted by Gasteiger charge is 2.26. The van der Waals surface area contributed by atoms with Crippen LogP contribution in [0.1, 0.15) is 30.8 Å². The number of nitrogens with one attached hydrogen (secondary N) is 2. The molecule has 1 aromatic heterocycles.